The highest BCUT2D eigenvalue weighted by Crippen LogP contribution is 2.36. The van der Waals surface area contributed by atoms with Gasteiger partial charge in [0.2, 0.25) is 0 Å². The Morgan fingerprint density at radius 3 is 2.96 bits per heavy atom. The zero-order valence-electron chi connectivity index (χ0n) is 13.1. The van der Waals surface area contributed by atoms with Crippen molar-refractivity contribution in [2.45, 2.75) is 25.4 Å². The lowest BCUT2D eigenvalue weighted by Gasteiger charge is -2.28. The van der Waals surface area contributed by atoms with Crippen LogP contribution in [0.25, 0.3) is 5.65 Å². The Morgan fingerprint density at radius 1 is 1.17 bits per heavy atom. The number of aryl methyl sites for hydroxylation is 1. The molecule has 1 unspecified atom stereocenters. The number of fused-ring (bicyclic) bond motifs is 2. The smallest absolute Gasteiger partial charge is 0.136 e. The normalized spacial score (nSPS) is 17.0. The lowest BCUT2D eigenvalue weighted by Crippen LogP contribution is -2.30. The number of aliphatic hydroxyl groups excluding tert-OH is 1. The Labute approximate surface area is 136 Å². The van der Waals surface area contributed by atoms with Crippen molar-refractivity contribution in [3.63, 3.8) is 0 Å². The number of hydrogen-bond donors (Lipinski definition) is 1. The highest BCUT2D eigenvalue weighted by molar-refractivity contribution is 5.40. The summed E-state index contributed by atoms with van der Waals surface area (Å²) < 4.78 is 2.13. The highest BCUT2D eigenvalue weighted by atomic mass is 16.3. The fraction of sp³-hybridized carbons (Fsp3) is 0.316. The number of aliphatic hydroxyl groups is 1. The van der Waals surface area contributed by atoms with Gasteiger partial charge < -0.3 is 9.51 Å². The average Bonchev–Trinajstić information content (AvgIpc) is 3.19. The molecule has 23 heavy (non-hydrogen) atoms. The van der Waals surface area contributed by atoms with Gasteiger partial charge in [-0.2, -0.15) is 0 Å². The number of pyridine rings is 1. The van der Waals surface area contributed by atoms with Crippen LogP contribution in [0.2, 0.25) is 0 Å². The minimum absolute atomic E-state index is 0.176. The van der Waals surface area contributed by atoms with Crippen LogP contribution in [0.5, 0.6) is 0 Å². The van der Waals surface area contributed by atoms with Crippen molar-refractivity contribution in [1.82, 2.24) is 14.3 Å². The Balaban J connectivity index is 1.64. The van der Waals surface area contributed by atoms with Crippen LogP contribution in [0.3, 0.4) is 0 Å². The molecule has 1 aliphatic rings. The molecule has 0 bridgehead atoms. The van der Waals surface area contributed by atoms with Gasteiger partial charge >= 0.3 is 0 Å². The van der Waals surface area contributed by atoms with E-state index in [0.29, 0.717) is 12.6 Å². The standard InChI is InChI=1S/C19H21N3O/c23-12-11-21(18-9-8-15-5-1-2-6-17(15)18)14-16-13-20-19-7-3-4-10-22(16)19/h1-7,10,13,18,23H,8-9,11-12,14H2. The molecule has 1 aliphatic carbocycles. The first-order valence-corrected chi connectivity index (χ1v) is 8.20. The fourth-order valence-corrected chi connectivity index (χ4v) is 3.70. The second-order valence-electron chi connectivity index (χ2n) is 6.13. The first-order valence-electron chi connectivity index (χ1n) is 8.20. The lowest BCUT2D eigenvalue weighted by atomic mass is 10.1. The Bertz CT molecular complexity index is 811. The second-order valence-corrected chi connectivity index (χ2v) is 6.13. The summed E-state index contributed by atoms with van der Waals surface area (Å²) in [5.41, 5.74) is 4.99. The third kappa shape index (κ3) is 2.64. The monoisotopic (exact) mass is 307 g/mol. The number of imidazole rings is 1. The van der Waals surface area contributed by atoms with Crippen LogP contribution >= 0.6 is 0 Å². The van der Waals surface area contributed by atoms with E-state index in [2.05, 4.69) is 44.7 Å². The molecule has 0 amide bonds. The Morgan fingerprint density at radius 2 is 2.04 bits per heavy atom. The quantitative estimate of drug-likeness (QED) is 0.788. The topological polar surface area (TPSA) is 40.8 Å². The molecule has 0 aliphatic heterocycles. The van der Waals surface area contributed by atoms with Gasteiger partial charge in [0, 0.05) is 25.3 Å². The molecule has 2 aromatic heterocycles. The lowest BCUT2D eigenvalue weighted by molar-refractivity contribution is 0.141. The Kier molecular flexibility index (Phi) is 3.85. The minimum Gasteiger partial charge on any atom is -0.395 e. The van der Waals surface area contributed by atoms with Crippen molar-refractivity contribution in [1.29, 1.82) is 0 Å². The van der Waals surface area contributed by atoms with Gasteiger partial charge in [-0.15, -0.1) is 0 Å². The number of hydrogen-bond acceptors (Lipinski definition) is 3. The first kappa shape index (κ1) is 14.4. The molecule has 1 aromatic carbocycles. The maximum atomic E-state index is 9.52. The summed E-state index contributed by atoms with van der Waals surface area (Å²) >= 11 is 0. The Hall–Kier alpha value is -2.17. The van der Waals surface area contributed by atoms with E-state index in [9.17, 15) is 5.11 Å². The van der Waals surface area contributed by atoms with Crippen molar-refractivity contribution in [3.05, 3.63) is 71.7 Å². The van der Waals surface area contributed by atoms with E-state index in [0.717, 1.165) is 25.0 Å². The molecule has 1 atom stereocenters. The molecule has 2 heterocycles. The highest BCUT2D eigenvalue weighted by Gasteiger charge is 2.27. The fourth-order valence-electron chi connectivity index (χ4n) is 3.70. The molecule has 0 radical (unpaired) electrons. The molecule has 4 rings (SSSR count). The van der Waals surface area contributed by atoms with E-state index in [1.165, 1.54) is 16.8 Å². The first-order chi connectivity index (χ1) is 11.4. The van der Waals surface area contributed by atoms with Crippen LogP contribution in [0.15, 0.2) is 54.9 Å². The van der Waals surface area contributed by atoms with E-state index in [4.69, 9.17) is 0 Å². The molecule has 0 fully saturated rings. The van der Waals surface area contributed by atoms with Crippen LogP contribution in [-0.4, -0.2) is 32.5 Å². The molecule has 4 heteroatoms. The maximum absolute atomic E-state index is 9.52. The van der Waals surface area contributed by atoms with Crippen LogP contribution in [0, 0.1) is 0 Å². The number of aromatic nitrogens is 2. The maximum Gasteiger partial charge on any atom is 0.136 e. The molecule has 4 nitrogen and oxygen atoms in total. The van der Waals surface area contributed by atoms with Gasteiger partial charge in [-0.05, 0) is 36.1 Å². The SMILES string of the molecule is OCCN(Cc1cnc2ccccn12)C1CCc2ccccc21. The molecule has 0 saturated heterocycles. The minimum atomic E-state index is 0.176. The molecule has 0 saturated carbocycles. The van der Waals surface area contributed by atoms with Crippen LogP contribution in [0.4, 0.5) is 0 Å². The van der Waals surface area contributed by atoms with Crippen molar-refractivity contribution in [3.8, 4) is 0 Å². The summed E-state index contributed by atoms with van der Waals surface area (Å²) in [5, 5.41) is 9.52. The molecular weight excluding hydrogens is 286 g/mol. The summed E-state index contributed by atoms with van der Waals surface area (Å²) in [4.78, 5) is 6.85. The third-order valence-corrected chi connectivity index (χ3v) is 4.79. The van der Waals surface area contributed by atoms with Crippen molar-refractivity contribution < 1.29 is 5.11 Å². The average molecular weight is 307 g/mol. The van der Waals surface area contributed by atoms with Crippen LogP contribution < -0.4 is 0 Å². The summed E-state index contributed by atoms with van der Waals surface area (Å²) in [6.45, 7) is 1.65. The third-order valence-electron chi connectivity index (χ3n) is 4.79. The predicted octanol–water partition coefficient (Wildman–Crippen LogP) is 2.82. The van der Waals surface area contributed by atoms with Gasteiger partial charge in [-0.25, -0.2) is 4.98 Å². The van der Waals surface area contributed by atoms with Crippen molar-refractivity contribution in [2.75, 3.05) is 13.2 Å². The summed E-state index contributed by atoms with van der Waals surface area (Å²) in [7, 11) is 0. The van der Waals surface area contributed by atoms with Gasteiger partial charge in [0.15, 0.2) is 0 Å². The van der Waals surface area contributed by atoms with Crippen LogP contribution in [-0.2, 0) is 13.0 Å². The molecule has 0 spiro atoms. The van der Waals surface area contributed by atoms with E-state index in [1.807, 2.05) is 24.4 Å². The molecule has 118 valence electrons. The molecule has 1 N–H and O–H groups in total. The van der Waals surface area contributed by atoms with Gasteiger partial charge in [0.25, 0.3) is 0 Å². The van der Waals surface area contributed by atoms with Crippen LogP contribution in [0.1, 0.15) is 29.3 Å². The molecule has 3 aromatic rings. The van der Waals surface area contributed by atoms with Crippen molar-refractivity contribution >= 4 is 5.65 Å². The van der Waals surface area contributed by atoms with E-state index in [-0.39, 0.29) is 6.61 Å². The van der Waals surface area contributed by atoms with Gasteiger partial charge in [0.1, 0.15) is 5.65 Å². The summed E-state index contributed by atoms with van der Waals surface area (Å²) in [6.07, 6.45) is 6.24. The summed E-state index contributed by atoms with van der Waals surface area (Å²) in [6, 6.07) is 15.1. The van der Waals surface area contributed by atoms with Gasteiger partial charge in [-0.1, -0.05) is 30.3 Å². The predicted molar refractivity (Wildman–Crippen MR) is 90.2 cm³/mol. The number of nitrogens with zero attached hydrogens (tertiary/aromatic N) is 3. The van der Waals surface area contributed by atoms with Gasteiger partial charge in [0.05, 0.1) is 18.5 Å². The number of rotatable bonds is 5. The second kappa shape index (κ2) is 6.14. The largest absolute Gasteiger partial charge is 0.395 e. The zero-order chi connectivity index (χ0) is 15.6. The summed E-state index contributed by atoms with van der Waals surface area (Å²) in [5.74, 6) is 0. The van der Waals surface area contributed by atoms with E-state index in [1.54, 1.807) is 0 Å². The number of benzene rings is 1. The zero-order valence-corrected chi connectivity index (χ0v) is 13.1. The molecular formula is C19H21N3O. The van der Waals surface area contributed by atoms with E-state index < -0.39 is 0 Å². The van der Waals surface area contributed by atoms with Gasteiger partial charge in [-0.3, -0.25) is 4.90 Å². The van der Waals surface area contributed by atoms with E-state index >= 15 is 0 Å². The van der Waals surface area contributed by atoms with Crippen molar-refractivity contribution in [2.24, 2.45) is 0 Å².